The largest absolute Gasteiger partial charge is 0.373 e. The lowest BCUT2D eigenvalue weighted by molar-refractivity contribution is -0.391. The summed E-state index contributed by atoms with van der Waals surface area (Å²) in [6.07, 6.45) is -2.88. The van der Waals surface area contributed by atoms with Crippen molar-refractivity contribution in [3.05, 3.63) is 31.0 Å². The summed E-state index contributed by atoms with van der Waals surface area (Å²) in [6.45, 7) is 1.40. The molecule has 7 heteroatoms. The van der Waals surface area contributed by atoms with Gasteiger partial charge in [0, 0.05) is 22.6 Å². The number of hydrogen-bond donors (Lipinski definition) is 0. The van der Waals surface area contributed by atoms with Gasteiger partial charge in [-0.2, -0.15) is 0 Å². The molecule has 0 saturated carbocycles. The molecule has 0 fully saturated rings. The Morgan fingerprint density at radius 2 is 2.21 bits per heavy atom. The number of pyridine rings is 1. The van der Waals surface area contributed by atoms with Gasteiger partial charge in [0.2, 0.25) is 3.70 Å². The number of aromatic nitrogens is 1. The zero-order chi connectivity index (χ0) is 10.9. The van der Waals surface area contributed by atoms with Crippen molar-refractivity contribution in [2.75, 3.05) is 0 Å². The molecule has 76 valence electrons. The molecule has 0 aliphatic heterocycles. The van der Waals surface area contributed by atoms with Crippen molar-refractivity contribution in [2.24, 2.45) is 0 Å². The summed E-state index contributed by atoms with van der Waals surface area (Å²) >= 11 is 1.74. The first-order chi connectivity index (χ1) is 6.43. The molecule has 1 rings (SSSR count). The quantitative estimate of drug-likeness (QED) is 0.365. The van der Waals surface area contributed by atoms with Crippen LogP contribution in [-0.4, -0.2) is 9.91 Å². The molecule has 4 nitrogen and oxygen atoms in total. The predicted octanol–water partition coefficient (Wildman–Crippen LogP) is 2.84. The van der Waals surface area contributed by atoms with Gasteiger partial charge in [0.1, 0.15) is 5.56 Å². The molecular weight excluding hydrogens is 309 g/mol. The molecule has 0 aliphatic carbocycles. The summed E-state index contributed by atoms with van der Waals surface area (Å²) in [5, 5.41) is 10.4. The molecule has 0 unspecified atom stereocenters. The van der Waals surface area contributed by atoms with Gasteiger partial charge in [-0.1, -0.05) is 0 Å². The molecule has 1 aromatic rings. The molecule has 0 aromatic carbocycles. The number of hydrogen-bond acceptors (Lipinski definition) is 3. The molecule has 0 amide bonds. The van der Waals surface area contributed by atoms with Gasteiger partial charge < -0.3 is 10.1 Å². The highest BCUT2D eigenvalue weighted by Gasteiger charge is 2.26. The molecule has 0 radical (unpaired) electrons. The van der Waals surface area contributed by atoms with Crippen molar-refractivity contribution >= 4 is 28.4 Å². The minimum absolute atomic E-state index is 0.186. The molecule has 0 spiro atoms. The number of rotatable bonds is 2. The van der Waals surface area contributed by atoms with E-state index in [1.54, 1.807) is 22.6 Å². The lowest BCUT2D eigenvalue weighted by Crippen LogP contribution is -2.03. The van der Waals surface area contributed by atoms with E-state index >= 15 is 0 Å². The standard InChI is InChI=1S/C7H5F2IN2O2/c1-3-2-4(10)11-7(12(13)14)5(3)6(8)9/h2,6H,1H3. The van der Waals surface area contributed by atoms with Crippen molar-refractivity contribution in [1.29, 1.82) is 0 Å². The Kier molecular flexibility index (Phi) is 3.29. The molecule has 1 aromatic heterocycles. The van der Waals surface area contributed by atoms with Crippen LogP contribution in [0.5, 0.6) is 0 Å². The molecular formula is C7H5F2IN2O2. The minimum atomic E-state index is -2.88. The van der Waals surface area contributed by atoms with Gasteiger partial charge in [-0.3, -0.25) is 0 Å². The Labute approximate surface area is 91.6 Å². The van der Waals surface area contributed by atoms with Crippen LogP contribution in [-0.2, 0) is 0 Å². The number of alkyl halides is 2. The molecule has 0 bridgehead atoms. The van der Waals surface area contributed by atoms with Gasteiger partial charge >= 0.3 is 5.82 Å². The molecule has 0 N–H and O–H groups in total. The van der Waals surface area contributed by atoms with Gasteiger partial charge in [-0.05, 0) is 28.5 Å². The monoisotopic (exact) mass is 314 g/mol. The Balaban J connectivity index is 3.44. The van der Waals surface area contributed by atoms with E-state index in [2.05, 4.69) is 4.98 Å². The summed E-state index contributed by atoms with van der Waals surface area (Å²) < 4.78 is 25.2. The first-order valence-corrected chi connectivity index (χ1v) is 4.61. The topological polar surface area (TPSA) is 56.0 Å². The van der Waals surface area contributed by atoms with E-state index in [4.69, 9.17) is 0 Å². The normalized spacial score (nSPS) is 10.6. The first-order valence-electron chi connectivity index (χ1n) is 3.53. The SMILES string of the molecule is Cc1cc(I)nc([N+](=O)[O-])c1C(F)F. The number of halogens is 3. The Morgan fingerprint density at radius 1 is 1.64 bits per heavy atom. The highest BCUT2D eigenvalue weighted by atomic mass is 127. The third-order valence-corrected chi connectivity index (χ3v) is 2.16. The zero-order valence-electron chi connectivity index (χ0n) is 7.00. The first kappa shape index (κ1) is 11.2. The Hall–Kier alpha value is -0.860. The summed E-state index contributed by atoms with van der Waals surface area (Å²) in [4.78, 5) is 13.0. The van der Waals surface area contributed by atoms with E-state index in [1.165, 1.54) is 13.0 Å². The Morgan fingerprint density at radius 3 is 2.64 bits per heavy atom. The summed E-state index contributed by atoms with van der Waals surface area (Å²) in [7, 11) is 0. The summed E-state index contributed by atoms with van der Waals surface area (Å²) in [6, 6.07) is 1.38. The van der Waals surface area contributed by atoms with Gasteiger partial charge in [-0.25, -0.2) is 8.78 Å². The zero-order valence-corrected chi connectivity index (χ0v) is 9.16. The van der Waals surface area contributed by atoms with Gasteiger partial charge in [0.15, 0.2) is 0 Å². The smallest absolute Gasteiger partial charge is 0.358 e. The third-order valence-electron chi connectivity index (χ3n) is 1.61. The third kappa shape index (κ3) is 2.14. The number of aryl methyl sites for hydroxylation is 1. The summed E-state index contributed by atoms with van der Waals surface area (Å²) in [5.41, 5.74) is -0.415. The van der Waals surface area contributed by atoms with Crippen LogP contribution in [0.2, 0.25) is 0 Å². The van der Waals surface area contributed by atoms with Crippen molar-refractivity contribution in [3.63, 3.8) is 0 Å². The van der Waals surface area contributed by atoms with Gasteiger partial charge in [-0.15, -0.1) is 0 Å². The van der Waals surface area contributed by atoms with Crippen LogP contribution in [0.3, 0.4) is 0 Å². The average molecular weight is 314 g/mol. The maximum Gasteiger partial charge on any atom is 0.373 e. The second kappa shape index (κ2) is 4.11. The number of nitro groups is 1. The highest BCUT2D eigenvalue weighted by Crippen LogP contribution is 2.30. The van der Waals surface area contributed by atoms with Crippen molar-refractivity contribution < 1.29 is 13.7 Å². The molecule has 1 heterocycles. The van der Waals surface area contributed by atoms with E-state index in [9.17, 15) is 18.9 Å². The van der Waals surface area contributed by atoms with E-state index in [1.807, 2.05) is 0 Å². The summed E-state index contributed by atoms with van der Waals surface area (Å²) in [5.74, 6) is -0.760. The van der Waals surface area contributed by atoms with Crippen LogP contribution in [0.25, 0.3) is 0 Å². The van der Waals surface area contributed by atoms with Crippen LogP contribution >= 0.6 is 22.6 Å². The molecule has 0 atom stereocenters. The minimum Gasteiger partial charge on any atom is -0.358 e. The van der Waals surface area contributed by atoms with Crippen molar-refractivity contribution in [1.82, 2.24) is 4.98 Å². The van der Waals surface area contributed by atoms with Crippen LogP contribution < -0.4 is 0 Å². The van der Waals surface area contributed by atoms with Crippen LogP contribution in [0.4, 0.5) is 14.6 Å². The van der Waals surface area contributed by atoms with Gasteiger partial charge in [0.25, 0.3) is 6.43 Å². The van der Waals surface area contributed by atoms with E-state index in [-0.39, 0.29) is 5.56 Å². The van der Waals surface area contributed by atoms with E-state index in [0.29, 0.717) is 3.70 Å². The fraction of sp³-hybridized carbons (Fsp3) is 0.286. The second-order valence-electron chi connectivity index (χ2n) is 2.56. The number of nitrogens with zero attached hydrogens (tertiary/aromatic N) is 2. The average Bonchev–Trinajstić information content (AvgIpc) is 2.01. The fourth-order valence-corrected chi connectivity index (χ4v) is 1.73. The molecule has 14 heavy (non-hydrogen) atoms. The van der Waals surface area contributed by atoms with E-state index in [0.717, 1.165) is 0 Å². The van der Waals surface area contributed by atoms with Crippen molar-refractivity contribution in [3.8, 4) is 0 Å². The van der Waals surface area contributed by atoms with Gasteiger partial charge in [0.05, 0.1) is 0 Å². The van der Waals surface area contributed by atoms with E-state index < -0.39 is 22.7 Å². The predicted molar refractivity (Wildman–Crippen MR) is 53.3 cm³/mol. The Bertz CT molecular complexity index is 384. The molecule has 0 aliphatic rings. The van der Waals surface area contributed by atoms with Crippen LogP contribution in [0.15, 0.2) is 6.07 Å². The van der Waals surface area contributed by atoms with Crippen LogP contribution in [0, 0.1) is 20.7 Å². The fourth-order valence-electron chi connectivity index (χ4n) is 1.04. The van der Waals surface area contributed by atoms with Crippen molar-refractivity contribution in [2.45, 2.75) is 13.3 Å². The maximum atomic E-state index is 12.4. The lowest BCUT2D eigenvalue weighted by atomic mass is 10.1. The second-order valence-corrected chi connectivity index (χ2v) is 3.66. The lowest BCUT2D eigenvalue weighted by Gasteiger charge is -2.04. The highest BCUT2D eigenvalue weighted by molar-refractivity contribution is 14.1. The van der Waals surface area contributed by atoms with Crippen LogP contribution in [0.1, 0.15) is 17.6 Å². The molecule has 0 saturated heterocycles. The maximum absolute atomic E-state index is 12.4.